The second kappa shape index (κ2) is 10.8. The van der Waals surface area contributed by atoms with Gasteiger partial charge in [0, 0.05) is 44.5 Å². The van der Waals surface area contributed by atoms with Crippen molar-refractivity contribution >= 4 is 23.2 Å². The van der Waals surface area contributed by atoms with Crippen molar-refractivity contribution in [3.8, 4) is 0 Å². The molecule has 14 heteroatoms. The first-order chi connectivity index (χ1) is 17.2. The van der Waals surface area contributed by atoms with Crippen molar-refractivity contribution in [3.05, 3.63) is 48.4 Å². The van der Waals surface area contributed by atoms with Gasteiger partial charge in [-0.1, -0.05) is 0 Å². The van der Waals surface area contributed by atoms with E-state index in [1.807, 2.05) is 21.7 Å². The topological polar surface area (TPSA) is 126 Å². The molecule has 5 heterocycles. The Bertz CT molecular complexity index is 1190. The Hall–Kier alpha value is -3.81. The van der Waals surface area contributed by atoms with E-state index in [4.69, 9.17) is 24.7 Å². The van der Waals surface area contributed by atoms with E-state index in [2.05, 4.69) is 20.9 Å². The molecule has 0 unspecified atom stereocenters. The molecule has 0 bridgehead atoms. The van der Waals surface area contributed by atoms with Crippen LogP contribution in [0.1, 0.15) is 35.1 Å². The number of fused-ring (bicyclic) bond motifs is 1. The van der Waals surface area contributed by atoms with Gasteiger partial charge in [-0.25, -0.2) is 19.3 Å². The number of alkyl halides is 3. The Balaban J connectivity index is 0.000000384. The zero-order valence-electron chi connectivity index (χ0n) is 19.1. The van der Waals surface area contributed by atoms with Gasteiger partial charge < -0.3 is 19.6 Å². The zero-order valence-corrected chi connectivity index (χ0v) is 19.1. The fourth-order valence-electron chi connectivity index (χ4n) is 3.98. The highest BCUT2D eigenvalue weighted by atomic mass is 19.4. The first-order valence-corrected chi connectivity index (χ1v) is 11.3. The third-order valence-electron chi connectivity index (χ3n) is 5.88. The van der Waals surface area contributed by atoms with Crippen LogP contribution in [0.25, 0.3) is 5.65 Å². The number of carboxylic acids is 1. The summed E-state index contributed by atoms with van der Waals surface area (Å²) in [6.45, 7) is 4.65. The predicted molar refractivity (Wildman–Crippen MR) is 120 cm³/mol. The summed E-state index contributed by atoms with van der Waals surface area (Å²) in [5.74, 6) is -1.70. The number of pyridine rings is 1. The number of nitrogens with zero attached hydrogens (tertiary/aromatic N) is 7. The first-order valence-electron chi connectivity index (χ1n) is 11.3. The van der Waals surface area contributed by atoms with E-state index in [1.54, 1.807) is 12.4 Å². The Kier molecular flexibility index (Phi) is 7.62. The number of morpholine rings is 1. The molecule has 2 aliphatic rings. The van der Waals surface area contributed by atoms with Gasteiger partial charge in [0.05, 0.1) is 31.3 Å². The van der Waals surface area contributed by atoms with Gasteiger partial charge in [-0.3, -0.25) is 9.78 Å². The zero-order chi connectivity index (χ0) is 25.7. The van der Waals surface area contributed by atoms with E-state index in [-0.39, 0.29) is 11.8 Å². The number of halogens is 3. The lowest BCUT2D eigenvalue weighted by Gasteiger charge is -2.30. The molecule has 3 aromatic heterocycles. The van der Waals surface area contributed by atoms with E-state index < -0.39 is 12.1 Å². The third-order valence-corrected chi connectivity index (χ3v) is 5.88. The van der Waals surface area contributed by atoms with Gasteiger partial charge in [-0.2, -0.15) is 18.3 Å². The maximum atomic E-state index is 12.5. The van der Waals surface area contributed by atoms with Crippen LogP contribution in [0, 0.1) is 0 Å². The minimum atomic E-state index is -5.08. The maximum absolute atomic E-state index is 12.5. The van der Waals surface area contributed by atoms with Crippen molar-refractivity contribution in [2.75, 3.05) is 44.3 Å². The molecule has 0 saturated carbocycles. The SMILES string of the molecule is O=C(O)C(F)(F)F.O=C(c1cnccn1)N1CCC(c2nc3ccc(N4CCOCC4)cn3n2)CC1. The number of aliphatic carboxylic acids is 1. The van der Waals surface area contributed by atoms with E-state index >= 15 is 0 Å². The molecule has 3 aromatic rings. The van der Waals surface area contributed by atoms with Gasteiger partial charge in [-0.05, 0) is 25.0 Å². The highest BCUT2D eigenvalue weighted by Gasteiger charge is 2.38. The fraction of sp³-hybridized carbons (Fsp3) is 0.455. The van der Waals surface area contributed by atoms with Crippen LogP contribution in [0.15, 0.2) is 36.9 Å². The molecule has 0 atom stereocenters. The highest BCUT2D eigenvalue weighted by Crippen LogP contribution is 2.27. The Labute approximate surface area is 203 Å². The van der Waals surface area contributed by atoms with Crippen LogP contribution in [-0.4, -0.2) is 92.0 Å². The molecule has 2 saturated heterocycles. The Morgan fingerprint density at radius 2 is 1.75 bits per heavy atom. The smallest absolute Gasteiger partial charge is 0.475 e. The lowest BCUT2D eigenvalue weighted by molar-refractivity contribution is -0.192. The normalized spacial score (nSPS) is 17.0. The number of piperidine rings is 1. The van der Waals surface area contributed by atoms with E-state index in [0.717, 1.165) is 56.3 Å². The van der Waals surface area contributed by atoms with Crippen molar-refractivity contribution in [3.63, 3.8) is 0 Å². The molecule has 2 aliphatic heterocycles. The van der Waals surface area contributed by atoms with E-state index in [0.29, 0.717) is 18.8 Å². The second-order valence-electron chi connectivity index (χ2n) is 8.22. The third kappa shape index (κ3) is 6.05. The quantitative estimate of drug-likeness (QED) is 0.567. The molecule has 192 valence electrons. The van der Waals surface area contributed by atoms with E-state index in [1.165, 1.54) is 6.20 Å². The van der Waals surface area contributed by atoms with Gasteiger partial charge in [0.2, 0.25) is 0 Å². The summed E-state index contributed by atoms with van der Waals surface area (Å²) in [5, 5.41) is 11.9. The van der Waals surface area contributed by atoms with Crippen LogP contribution in [-0.2, 0) is 9.53 Å². The van der Waals surface area contributed by atoms with Crippen LogP contribution < -0.4 is 4.90 Å². The standard InChI is InChI=1S/C20H23N7O2.C2HF3O2/c28-20(17-13-21-5-6-22-17)26-7-3-15(4-8-26)19-23-18-2-1-16(14-27(18)24-19)25-9-11-29-12-10-25;3-2(4,5)1(6)7/h1-2,5-6,13-15H,3-4,7-12H2;(H,6,7). The number of rotatable bonds is 3. The van der Waals surface area contributed by atoms with E-state index in [9.17, 15) is 18.0 Å². The molecule has 11 nitrogen and oxygen atoms in total. The molecular formula is C22H24F3N7O4. The van der Waals surface area contributed by atoms with Gasteiger partial charge in [0.25, 0.3) is 5.91 Å². The summed E-state index contributed by atoms with van der Waals surface area (Å²) in [6.07, 6.45) is 3.29. The molecule has 1 N–H and O–H groups in total. The van der Waals surface area contributed by atoms with Crippen LogP contribution in [0.4, 0.5) is 18.9 Å². The predicted octanol–water partition coefficient (Wildman–Crippen LogP) is 2.01. The summed E-state index contributed by atoms with van der Waals surface area (Å²) in [7, 11) is 0. The molecule has 0 spiro atoms. The van der Waals surface area contributed by atoms with Gasteiger partial charge in [0.1, 0.15) is 5.69 Å². The number of anilines is 1. The molecule has 5 rings (SSSR count). The number of likely N-dealkylation sites (tertiary alicyclic amines) is 1. The molecule has 2 fully saturated rings. The minimum absolute atomic E-state index is 0.0605. The van der Waals surface area contributed by atoms with Crippen LogP contribution in [0.3, 0.4) is 0 Å². The summed E-state index contributed by atoms with van der Waals surface area (Å²) < 4.78 is 39.0. The largest absolute Gasteiger partial charge is 0.490 e. The number of carbonyl (C=O) groups excluding carboxylic acids is 1. The van der Waals surface area contributed by atoms with Gasteiger partial charge >= 0.3 is 12.1 Å². The Morgan fingerprint density at radius 3 is 2.36 bits per heavy atom. The minimum Gasteiger partial charge on any atom is -0.475 e. The highest BCUT2D eigenvalue weighted by molar-refractivity contribution is 5.92. The molecule has 36 heavy (non-hydrogen) atoms. The van der Waals surface area contributed by atoms with Crippen LogP contribution in [0.5, 0.6) is 0 Å². The van der Waals surface area contributed by atoms with Gasteiger partial charge in [-0.15, -0.1) is 0 Å². The van der Waals surface area contributed by atoms with Crippen LogP contribution >= 0.6 is 0 Å². The van der Waals surface area contributed by atoms with Crippen LogP contribution in [0.2, 0.25) is 0 Å². The second-order valence-corrected chi connectivity index (χ2v) is 8.22. The monoisotopic (exact) mass is 507 g/mol. The molecule has 1 amide bonds. The lowest BCUT2D eigenvalue weighted by Crippen LogP contribution is -2.38. The van der Waals surface area contributed by atoms with Crippen molar-refractivity contribution in [1.82, 2.24) is 29.5 Å². The molecular weight excluding hydrogens is 483 g/mol. The first kappa shape index (κ1) is 25.3. The molecule has 0 aromatic carbocycles. The number of aromatic nitrogens is 5. The number of hydrogen-bond acceptors (Lipinski definition) is 8. The van der Waals surface area contributed by atoms with Crippen molar-refractivity contribution in [2.24, 2.45) is 0 Å². The summed E-state index contributed by atoms with van der Waals surface area (Å²) in [6, 6.07) is 4.12. The fourth-order valence-corrected chi connectivity index (χ4v) is 3.98. The number of hydrogen-bond donors (Lipinski definition) is 1. The number of amides is 1. The average molecular weight is 507 g/mol. The van der Waals surface area contributed by atoms with Crippen molar-refractivity contribution < 1.29 is 32.6 Å². The van der Waals surface area contributed by atoms with Crippen molar-refractivity contribution in [2.45, 2.75) is 24.9 Å². The number of carboxylic acid groups (broad SMARTS) is 1. The Morgan fingerprint density at radius 1 is 1.06 bits per heavy atom. The number of carbonyl (C=O) groups is 2. The summed E-state index contributed by atoms with van der Waals surface area (Å²) in [4.78, 5) is 38.4. The molecule has 0 radical (unpaired) electrons. The lowest BCUT2D eigenvalue weighted by atomic mass is 9.96. The molecule has 0 aliphatic carbocycles. The maximum Gasteiger partial charge on any atom is 0.490 e. The van der Waals surface area contributed by atoms with Crippen molar-refractivity contribution in [1.29, 1.82) is 0 Å². The van der Waals surface area contributed by atoms with Gasteiger partial charge in [0.15, 0.2) is 11.5 Å². The number of ether oxygens (including phenoxy) is 1. The summed E-state index contributed by atoms with van der Waals surface area (Å²) >= 11 is 0. The summed E-state index contributed by atoms with van der Waals surface area (Å²) in [5.41, 5.74) is 2.39. The average Bonchev–Trinajstić information content (AvgIpc) is 3.33.